The van der Waals surface area contributed by atoms with Gasteiger partial charge in [-0.3, -0.25) is 4.57 Å². The Hall–Kier alpha value is -1.51. The Bertz CT molecular complexity index is 700. The molecule has 2 rings (SSSR count). The first-order valence-electron chi connectivity index (χ1n) is 5.56. The lowest BCUT2D eigenvalue weighted by Crippen LogP contribution is -2.11. The van der Waals surface area contributed by atoms with E-state index in [1.165, 1.54) is 35.9 Å². The Morgan fingerprint density at radius 3 is 2.50 bits per heavy atom. The first-order chi connectivity index (χ1) is 9.43. The van der Waals surface area contributed by atoms with Crippen molar-refractivity contribution >= 4 is 19.7 Å². The van der Waals surface area contributed by atoms with Crippen molar-refractivity contribution in [2.75, 3.05) is 13.7 Å². The molecule has 0 aliphatic rings. The molecule has 0 N–H and O–H groups in total. The van der Waals surface area contributed by atoms with E-state index >= 15 is 0 Å². The summed E-state index contributed by atoms with van der Waals surface area (Å²) in [7, 11) is 2.77. The maximum atomic E-state index is 12.9. The quantitative estimate of drug-likeness (QED) is 0.784. The van der Waals surface area contributed by atoms with Crippen LogP contribution in [0.25, 0.3) is 11.4 Å². The minimum absolute atomic E-state index is 0.206. The van der Waals surface area contributed by atoms with Crippen molar-refractivity contribution in [3.05, 3.63) is 30.1 Å². The summed E-state index contributed by atoms with van der Waals surface area (Å²) in [5, 5.41) is 7.02. The van der Waals surface area contributed by atoms with Gasteiger partial charge >= 0.3 is 0 Å². The zero-order chi connectivity index (χ0) is 14.8. The lowest BCUT2D eigenvalue weighted by atomic mass is 10.2. The minimum atomic E-state index is -4.03. The van der Waals surface area contributed by atoms with E-state index in [0.29, 0.717) is 5.56 Å². The van der Waals surface area contributed by atoms with Crippen LogP contribution in [0, 0.1) is 5.82 Å². The van der Waals surface area contributed by atoms with E-state index in [0.717, 1.165) is 0 Å². The fourth-order valence-electron chi connectivity index (χ4n) is 1.67. The largest absolute Gasteiger partial charge is 0.383 e. The number of aromatic nitrogens is 3. The van der Waals surface area contributed by atoms with Gasteiger partial charge in [-0.25, -0.2) is 12.8 Å². The van der Waals surface area contributed by atoms with Gasteiger partial charge in [-0.15, -0.1) is 10.2 Å². The van der Waals surface area contributed by atoms with Crippen LogP contribution >= 0.6 is 10.7 Å². The number of rotatable bonds is 5. The maximum Gasteiger partial charge on any atom is 0.296 e. The molecule has 1 aromatic carbocycles. The number of ether oxygens (including phenoxy) is 1. The summed E-state index contributed by atoms with van der Waals surface area (Å²) in [5.41, 5.74) is 0.529. The smallest absolute Gasteiger partial charge is 0.296 e. The van der Waals surface area contributed by atoms with Crippen molar-refractivity contribution in [3.8, 4) is 11.4 Å². The van der Waals surface area contributed by atoms with Crippen LogP contribution in [0.2, 0.25) is 0 Å². The highest BCUT2D eigenvalue weighted by Crippen LogP contribution is 2.22. The first-order valence-corrected chi connectivity index (χ1v) is 7.87. The van der Waals surface area contributed by atoms with Crippen LogP contribution in [0.5, 0.6) is 0 Å². The predicted octanol–water partition coefficient (Wildman–Crippen LogP) is 1.66. The number of halogens is 2. The fraction of sp³-hybridized carbons (Fsp3) is 0.273. The normalized spacial score (nSPS) is 11.8. The summed E-state index contributed by atoms with van der Waals surface area (Å²) in [5.74, 6) is -0.122. The second-order valence-corrected chi connectivity index (χ2v) is 6.36. The molecule has 108 valence electrons. The highest BCUT2D eigenvalue weighted by Gasteiger charge is 2.23. The van der Waals surface area contributed by atoms with Crippen LogP contribution in [-0.4, -0.2) is 36.9 Å². The lowest BCUT2D eigenvalue weighted by Gasteiger charge is -2.08. The summed E-state index contributed by atoms with van der Waals surface area (Å²) in [6.45, 7) is 0.461. The van der Waals surface area contributed by atoms with E-state index in [9.17, 15) is 12.8 Å². The van der Waals surface area contributed by atoms with E-state index in [-0.39, 0.29) is 24.1 Å². The topological polar surface area (TPSA) is 74.1 Å². The van der Waals surface area contributed by atoms with Gasteiger partial charge in [0.15, 0.2) is 5.82 Å². The molecule has 6 nitrogen and oxygen atoms in total. The van der Waals surface area contributed by atoms with Crippen LogP contribution in [0.1, 0.15) is 0 Å². The zero-order valence-corrected chi connectivity index (χ0v) is 12.0. The second kappa shape index (κ2) is 5.86. The van der Waals surface area contributed by atoms with Crippen molar-refractivity contribution in [1.29, 1.82) is 0 Å². The number of benzene rings is 1. The Kier molecular flexibility index (Phi) is 4.36. The molecule has 0 spiro atoms. The summed E-state index contributed by atoms with van der Waals surface area (Å²) in [4.78, 5) is 0. The van der Waals surface area contributed by atoms with Crippen LogP contribution in [0.15, 0.2) is 29.4 Å². The van der Waals surface area contributed by atoms with Crippen LogP contribution in [-0.2, 0) is 20.3 Å². The van der Waals surface area contributed by atoms with E-state index in [2.05, 4.69) is 10.2 Å². The van der Waals surface area contributed by atoms with Gasteiger partial charge in [0.1, 0.15) is 5.82 Å². The van der Waals surface area contributed by atoms with Crippen molar-refractivity contribution in [1.82, 2.24) is 14.8 Å². The third-order valence-electron chi connectivity index (χ3n) is 2.56. The summed E-state index contributed by atoms with van der Waals surface area (Å²) >= 11 is 0. The average Bonchev–Trinajstić information content (AvgIpc) is 2.81. The summed E-state index contributed by atoms with van der Waals surface area (Å²) in [6.07, 6.45) is 0. The van der Waals surface area contributed by atoms with Gasteiger partial charge in [-0.1, -0.05) is 0 Å². The fourth-order valence-corrected chi connectivity index (χ4v) is 2.59. The number of nitrogens with zero attached hydrogens (tertiary/aromatic N) is 3. The highest BCUT2D eigenvalue weighted by molar-refractivity contribution is 8.13. The molecule has 0 saturated carbocycles. The maximum absolute atomic E-state index is 12.9. The molecule has 2 aromatic rings. The number of methoxy groups -OCH3 is 1. The van der Waals surface area contributed by atoms with E-state index in [1.54, 1.807) is 0 Å². The van der Waals surface area contributed by atoms with Crippen molar-refractivity contribution < 1.29 is 17.5 Å². The van der Waals surface area contributed by atoms with Crippen molar-refractivity contribution in [2.45, 2.75) is 11.7 Å². The Labute approximate surface area is 119 Å². The monoisotopic (exact) mass is 319 g/mol. The molecule has 1 aromatic heterocycles. The molecule has 0 saturated heterocycles. The molecular formula is C11H11ClFN3O3S. The SMILES string of the molecule is COCCn1c(-c2ccc(F)cc2)nnc1S(=O)(=O)Cl. The van der Waals surface area contributed by atoms with Crippen LogP contribution < -0.4 is 0 Å². The molecule has 9 heteroatoms. The second-order valence-electron chi connectivity index (χ2n) is 3.90. The Morgan fingerprint density at radius 2 is 1.95 bits per heavy atom. The highest BCUT2D eigenvalue weighted by atomic mass is 35.7. The molecule has 0 aliphatic carbocycles. The third-order valence-corrected chi connectivity index (χ3v) is 3.71. The molecule has 0 amide bonds. The van der Waals surface area contributed by atoms with E-state index < -0.39 is 14.9 Å². The third kappa shape index (κ3) is 3.14. The summed E-state index contributed by atoms with van der Waals surface area (Å²) < 4.78 is 42.1. The molecular weight excluding hydrogens is 309 g/mol. The molecule has 0 unspecified atom stereocenters. The Balaban J connectivity index is 2.53. The lowest BCUT2D eigenvalue weighted by molar-refractivity contribution is 0.185. The predicted molar refractivity (Wildman–Crippen MR) is 70.3 cm³/mol. The van der Waals surface area contributed by atoms with Gasteiger partial charge in [0, 0.05) is 23.4 Å². The molecule has 0 bridgehead atoms. The van der Waals surface area contributed by atoms with Gasteiger partial charge in [0.25, 0.3) is 14.2 Å². The van der Waals surface area contributed by atoms with E-state index in [1.807, 2.05) is 0 Å². The van der Waals surface area contributed by atoms with Gasteiger partial charge in [0.2, 0.25) is 0 Å². The minimum Gasteiger partial charge on any atom is -0.383 e. The number of hydrogen-bond acceptors (Lipinski definition) is 5. The van der Waals surface area contributed by atoms with Crippen molar-refractivity contribution in [2.24, 2.45) is 0 Å². The molecule has 0 aliphatic heterocycles. The molecule has 0 radical (unpaired) electrons. The number of hydrogen-bond donors (Lipinski definition) is 0. The molecule has 0 atom stereocenters. The van der Waals surface area contributed by atoms with Gasteiger partial charge in [0.05, 0.1) is 13.2 Å². The van der Waals surface area contributed by atoms with Crippen LogP contribution in [0.3, 0.4) is 0 Å². The first kappa shape index (κ1) is 14.9. The average molecular weight is 320 g/mol. The van der Waals surface area contributed by atoms with E-state index in [4.69, 9.17) is 15.4 Å². The Morgan fingerprint density at radius 1 is 1.30 bits per heavy atom. The van der Waals surface area contributed by atoms with Crippen LogP contribution in [0.4, 0.5) is 4.39 Å². The van der Waals surface area contributed by atoms with Gasteiger partial charge in [-0.2, -0.15) is 0 Å². The molecule has 0 fully saturated rings. The van der Waals surface area contributed by atoms with Gasteiger partial charge < -0.3 is 4.74 Å². The van der Waals surface area contributed by atoms with Gasteiger partial charge in [-0.05, 0) is 24.3 Å². The summed E-state index contributed by atoms with van der Waals surface area (Å²) in [6, 6.07) is 5.46. The standard InChI is InChI=1S/C11H11ClFN3O3S/c1-19-7-6-16-10(8-2-4-9(13)5-3-8)14-15-11(16)20(12,17)18/h2-5H,6-7H2,1H3. The zero-order valence-electron chi connectivity index (χ0n) is 10.5. The van der Waals surface area contributed by atoms with Crippen molar-refractivity contribution in [3.63, 3.8) is 0 Å². The molecule has 20 heavy (non-hydrogen) atoms. The molecule has 1 heterocycles.